The Bertz CT molecular complexity index is 237. The molecule has 0 heterocycles. The van der Waals surface area contributed by atoms with E-state index in [9.17, 15) is 14.0 Å². The van der Waals surface area contributed by atoms with Gasteiger partial charge in [0.05, 0.1) is 0 Å². The summed E-state index contributed by atoms with van der Waals surface area (Å²) in [4.78, 5) is 19.6. The van der Waals surface area contributed by atoms with E-state index in [-0.39, 0.29) is 0 Å². The maximum Gasteiger partial charge on any atom is 0.370 e. The van der Waals surface area contributed by atoms with E-state index in [0.29, 0.717) is 12.2 Å². The van der Waals surface area contributed by atoms with Gasteiger partial charge in [-0.2, -0.15) is 4.39 Å². The van der Waals surface area contributed by atoms with Gasteiger partial charge in [-0.15, -0.1) is 0 Å². The Labute approximate surface area is 66.1 Å². The molecule has 0 radical (unpaired) electrons. The zero-order chi connectivity index (χ0) is 9.72. The molecule has 0 saturated carbocycles. The lowest BCUT2D eigenvalue weighted by Gasteiger charge is -1.87. The summed E-state index contributed by atoms with van der Waals surface area (Å²) in [5, 5.41) is 24.4. The van der Waals surface area contributed by atoms with Gasteiger partial charge in [-0.05, 0) is 12.2 Å². The second kappa shape index (κ2) is 4.12. The molecule has 0 aromatic carbocycles. The van der Waals surface area contributed by atoms with Gasteiger partial charge in [0, 0.05) is 0 Å². The summed E-state index contributed by atoms with van der Waals surface area (Å²) in [7, 11) is 0. The predicted molar refractivity (Wildman–Crippen MR) is 35.2 cm³/mol. The minimum Gasteiger partial charge on any atom is -0.502 e. The van der Waals surface area contributed by atoms with E-state index in [2.05, 4.69) is 0 Å². The minimum absolute atomic E-state index is 0.339. The summed E-state index contributed by atoms with van der Waals surface area (Å²) >= 11 is 0. The van der Waals surface area contributed by atoms with Gasteiger partial charge in [0.25, 0.3) is 0 Å². The summed E-state index contributed by atoms with van der Waals surface area (Å²) in [6.07, 6.45) is 0.775. The third kappa shape index (κ3) is 3.35. The standard InChI is InChI=1S/C6H5FO5/c7-3(5(9)10)1-2-4(8)6(11)12/h1-2,8H,(H,9,10)(H,11,12)/b3-1-,4-2-. The lowest BCUT2D eigenvalue weighted by molar-refractivity contribution is -0.136. The number of aliphatic hydroxyl groups excluding tert-OH is 1. The van der Waals surface area contributed by atoms with Crippen molar-refractivity contribution in [1.82, 2.24) is 0 Å². The van der Waals surface area contributed by atoms with Crippen LogP contribution >= 0.6 is 0 Å². The third-order valence-electron chi connectivity index (χ3n) is 0.811. The predicted octanol–water partition coefficient (Wildman–Crippen LogP) is 0.451. The molecule has 0 aliphatic rings. The average molecular weight is 176 g/mol. The molecule has 0 unspecified atom stereocenters. The second-order valence-corrected chi connectivity index (χ2v) is 1.68. The summed E-state index contributed by atoms with van der Waals surface area (Å²) in [5.41, 5.74) is 0. The molecule has 5 nitrogen and oxygen atoms in total. The zero-order valence-electron chi connectivity index (χ0n) is 5.69. The highest BCUT2D eigenvalue weighted by Crippen LogP contribution is 1.98. The molecule has 6 heteroatoms. The number of carbonyl (C=O) groups is 2. The Morgan fingerprint density at radius 2 is 1.50 bits per heavy atom. The molecular weight excluding hydrogens is 171 g/mol. The van der Waals surface area contributed by atoms with E-state index in [1.54, 1.807) is 0 Å². The van der Waals surface area contributed by atoms with Crippen LogP contribution in [0.25, 0.3) is 0 Å². The highest BCUT2D eigenvalue weighted by Gasteiger charge is 2.05. The number of halogens is 1. The lowest BCUT2D eigenvalue weighted by Crippen LogP contribution is -1.99. The Balaban J connectivity index is 4.48. The smallest absolute Gasteiger partial charge is 0.370 e. The maximum atomic E-state index is 12.1. The van der Waals surface area contributed by atoms with Gasteiger partial charge in [-0.1, -0.05) is 0 Å². The Kier molecular flexibility index (Phi) is 3.48. The number of carboxylic acid groups (broad SMARTS) is 2. The first kappa shape index (κ1) is 10.2. The van der Waals surface area contributed by atoms with E-state index in [1.807, 2.05) is 0 Å². The number of aliphatic carboxylic acids is 2. The van der Waals surface area contributed by atoms with Crippen LogP contribution in [0.1, 0.15) is 0 Å². The van der Waals surface area contributed by atoms with Crippen molar-refractivity contribution in [2.24, 2.45) is 0 Å². The van der Waals surface area contributed by atoms with E-state index in [1.165, 1.54) is 0 Å². The molecule has 0 bridgehead atoms. The first-order valence-corrected chi connectivity index (χ1v) is 2.68. The molecule has 0 atom stereocenters. The molecule has 0 aromatic rings. The quantitative estimate of drug-likeness (QED) is 0.329. The molecule has 0 aromatic heterocycles. The Morgan fingerprint density at radius 3 is 1.83 bits per heavy atom. The molecule has 0 rings (SSSR count). The normalized spacial score (nSPS) is 12.8. The van der Waals surface area contributed by atoms with E-state index in [4.69, 9.17) is 15.3 Å². The first-order valence-electron chi connectivity index (χ1n) is 2.68. The van der Waals surface area contributed by atoms with Gasteiger partial charge >= 0.3 is 11.9 Å². The van der Waals surface area contributed by atoms with Crippen molar-refractivity contribution in [3.05, 3.63) is 23.7 Å². The summed E-state index contributed by atoms with van der Waals surface area (Å²) in [6.45, 7) is 0. The Hall–Kier alpha value is -1.85. The Morgan fingerprint density at radius 1 is 1.00 bits per heavy atom. The van der Waals surface area contributed by atoms with Crippen LogP contribution in [0, 0.1) is 0 Å². The first-order chi connectivity index (χ1) is 5.45. The van der Waals surface area contributed by atoms with Crippen molar-refractivity contribution in [2.75, 3.05) is 0 Å². The fourth-order valence-electron chi connectivity index (χ4n) is 0.295. The van der Waals surface area contributed by atoms with Gasteiger partial charge in [0.15, 0.2) is 0 Å². The van der Waals surface area contributed by atoms with Crippen LogP contribution < -0.4 is 0 Å². The van der Waals surface area contributed by atoms with Crippen molar-refractivity contribution in [1.29, 1.82) is 0 Å². The lowest BCUT2D eigenvalue weighted by atomic mass is 10.4. The fraction of sp³-hybridized carbons (Fsp3) is 0. The van der Waals surface area contributed by atoms with Crippen molar-refractivity contribution in [3.8, 4) is 0 Å². The number of rotatable bonds is 3. The van der Waals surface area contributed by atoms with Crippen LogP contribution in [0.15, 0.2) is 23.7 Å². The molecule has 0 spiro atoms. The largest absolute Gasteiger partial charge is 0.502 e. The summed E-state index contributed by atoms with van der Waals surface area (Å²) < 4.78 is 12.1. The van der Waals surface area contributed by atoms with Crippen LogP contribution in [0.3, 0.4) is 0 Å². The number of hydrogen-bond donors (Lipinski definition) is 3. The molecule has 0 saturated heterocycles. The molecule has 0 fully saturated rings. The van der Waals surface area contributed by atoms with E-state index >= 15 is 0 Å². The maximum absolute atomic E-state index is 12.1. The van der Waals surface area contributed by atoms with E-state index in [0.717, 1.165) is 0 Å². The van der Waals surface area contributed by atoms with E-state index < -0.39 is 23.5 Å². The number of carboxylic acids is 2. The van der Waals surface area contributed by atoms with Gasteiger partial charge in [0.1, 0.15) is 0 Å². The number of aliphatic hydroxyl groups is 1. The molecule has 12 heavy (non-hydrogen) atoms. The molecule has 0 aliphatic heterocycles. The fourth-order valence-corrected chi connectivity index (χ4v) is 0.295. The van der Waals surface area contributed by atoms with Crippen LogP contribution in [0.2, 0.25) is 0 Å². The molecule has 66 valence electrons. The van der Waals surface area contributed by atoms with Crippen molar-refractivity contribution in [3.63, 3.8) is 0 Å². The topological polar surface area (TPSA) is 94.8 Å². The van der Waals surface area contributed by atoms with Crippen molar-refractivity contribution < 1.29 is 29.3 Å². The molecule has 3 N–H and O–H groups in total. The monoisotopic (exact) mass is 176 g/mol. The second-order valence-electron chi connectivity index (χ2n) is 1.68. The molecule has 0 aliphatic carbocycles. The van der Waals surface area contributed by atoms with Crippen LogP contribution in [-0.2, 0) is 9.59 Å². The summed E-state index contributed by atoms with van der Waals surface area (Å²) in [5.74, 6) is -6.18. The highest BCUT2D eigenvalue weighted by molar-refractivity contribution is 5.86. The highest BCUT2D eigenvalue weighted by atomic mass is 19.1. The molecular formula is C6H5FO5. The SMILES string of the molecule is O=C(O)/C(O)=C/C=C(\F)C(=O)O. The van der Waals surface area contributed by atoms with Crippen LogP contribution in [0.4, 0.5) is 4.39 Å². The van der Waals surface area contributed by atoms with Crippen LogP contribution in [0.5, 0.6) is 0 Å². The van der Waals surface area contributed by atoms with Crippen molar-refractivity contribution in [2.45, 2.75) is 0 Å². The van der Waals surface area contributed by atoms with Gasteiger partial charge < -0.3 is 15.3 Å². The van der Waals surface area contributed by atoms with Gasteiger partial charge in [0.2, 0.25) is 11.6 Å². The molecule has 0 amide bonds. The van der Waals surface area contributed by atoms with Crippen LogP contribution in [-0.4, -0.2) is 27.3 Å². The minimum atomic E-state index is -1.83. The van der Waals surface area contributed by atoms with Crippen molar-refractivity contribution >= 4 is 11.9 Å². The number of hydrogen-bond acceptors (Lipinski definition) is 3. The van der Waals surface area contributed by atoms with Gasteiger partial charge in [-0.3, -0.25) is 0 Å². The third-order valence-corrected chi connectivity index (χ3v) is 0.811. The zero-order valence-corrected chi connectivity index (χ0v) is 5.69. The van der Waals surface area contributed by atoms with Gasteiger partial charge in [-0.25, -0.2) is 9.59 Å². The average Bonchev–Trinajstić information content (AvgIpc) is 1.98. The summed E-state index contributed by atoms with van der Waals surface area (Å²) in [6, 6.07) is 0. The number of allylic oxidation sites excluding steroid dienone is 2.